The quantitative estimate of drug-likeness (QED) is 0.609. The summed E-state index contributed by atoms with van der Waals surface area (Å²) in [6, 6.07) is 11.0. The van der Waals surface area contributed by atoms with Crippen molar-refractivity contribution in [3.05, 3.63) is 53.6 Å². The predicted octanol–water partition coefficient (Wildman–Crippen LogP) is 2.83. The van der Waals surface area contributed by atoms with Crippen LogP contribution in [-0.2, 0) is 19.6 Å². The number of carbonyl (C=O) groups is 2. The molecule has 2 aromatic rings. The van der Waals surface area contributed by atoms with Gasteiger partial charge in [-0.3, -0.25) is 4.79 Å². The first-order valence-electron chi connectivity index (χ1n) is 9.44. The maximum Gasteiger partial charge on any atom is 0.338 e. The van der Waals surface area contributed by atoms with Gasteiger partial charge >= 0.3 is 5.97 Å². The summed E-state index contributed by atoms with van der Waals surface area (Å²) in [5, 5.41) is 2.60. The van der Waals surface area contributed by atoms with Gasteiger partial charge < -0.3 is 14.8 Å². The van der Waals surface area contributed by atoms with E-state index in [4.69, 9.17) is 9.47 Å². The first-order chi connectivity index (χ1) is 14.2. The second kappa shape index (κ2) is 10.2. The number of ether oxygens (including phenoxy) is 2. The number of nitrogens with one attached hydrogen (secondary N) is 1. The molecular weight excluding hydrogens is 408 g/mol. The van der Waals surface area contributed by atoms with Crippen LogP contribution in [0.2, 0.25) is 0 Å². The van der Waals surface area contributed by atoms with Gasteiger partial charge in [-0.25, -0.2) is 13.2 Å². The van der Waals surface area contributed by atoms with Gasteiger partial charge in [-0.2, -0.15) is 4.31 Å². The van der Waals surface area contributed by atoms with E-state index in [1.807, 2.05) is 0 Å². The van der Waals surface area contributed by atoms with Crippen molar-refractivity contribution in [2.75, 3.05) is 32.1 Å². The lowest BCUT2D eigenvalue weighted by atomic mass is 10.1. The van der Waals surface area contributed by atoms with Crippen LogP contribution in [0.5, 0.6) is 5.75 Å². The predicted molar refractivity (Wildman–Crippen MR) is 113 cm³/mol. The summed E-state index contributed by atoms with van der Waals surface area (Å²) >= 11 is 0. The number of esters is 1. The molecule has 1 N–H and O–H groups in total. The summed E-state index contributed by atoms with van der Waals surface area (Å²) in [6.07, 6.45) is 0. The second-order valence-electron chi connectivity index (χ2n) is 6.43. The van der Waals surface area contributed by atoms with Crippen LogP contribution in [0.4, 0.5) is 5.69 Å². The van der Waals surface area contributed by atoms with Crippen LogP contribution in [0.1, 0.15) is 29.8 Å². The molecule has 2 rings (SSSR count). The number of methoxy groups -OCH3 is 1. The molecule has 0 spiro atoms. The topological polar surface area (TPSA) is 102 Å². The third-order valence-electron chi connectivity index (χ3n) is 4.43. The first kappa shape index (κ1) is 23.4. The SMILES string of the molecule is CCN(CC)S(=O)(=O)c1cc(C(=O)OCC(=O)Nc2cccc(OC)c2)ccc1C. The molecule has 8 nitrogen and oxygen atoms in total. The Morgan fingerprint density at radius 3 is 2.40 bits per heavy atom. The van der Waals surface area contributed by atoms with Gasteiger partial charge in [0.2, 0.25) is 10.0 Å². The van der Waals surface area contributed by atoms with Crippen molar-refractivity contribution in [2.24, 2.45) is 0 Å². The highest BCUT2D eigenvalue weighted by atomic mass is 32.2. The number of carbonyl (C=O) groups excluding carboxylic acids is 2. The minimum Gasteiger partial charge on any atom is -0.497 e. The second-order valence-corrected chi connectivity index (χ2v) is 8.33. The highest BCUT2D eigenvalue weighted by Crippen LogP contribution is 2.22. The fourth-order valence-corrected chi connectivity index (χ4v) is 4.53. The van der Waals surface area contributed by atoms with E-state index < -0.39 is 28.5 Å². The smallest absolute Gasteiger partial charge is 0.338 e. The van der Waals surface area contributed by atoms with Crippen LogP contribution in [0, 0.1) is 6.92 Å². The number of anilines is 1. The molecule has 162 valence electrons. The highest BCUT2D eigenvalue weighted by molar-refractivity contribution is 7.89. The fourth-order valence-electron chi connectivity index (χ4n) is 2.82. The zero-order chi connectivity index (χ0) is 22.3. The molecule has 0 aromatic heterocycles. The lowest BCUT2D eigenvalue weighted by Gasteiger charge is -2.20. The van der Waals surface area contributed by atoms with Crippen LogP contribution < -0.4 is 10.1 Å². The van der Waals surface area contributed by atoms with Crippen molar-refractivity contribution in [3.8, 4) is 5.75 Å². The monoisotopic (exact) mass is 434 g/mol. The summed E-state index contributed by atoms with van der Waals surface area (Å²) in [4.78, 5) is 24.5. The summed E-state index contributed by atoms with van der Waals surface area (Å²) < 4.78 is 37.1. The third-order valence-corrected chi connectivity index (χ3v) is 6.63. The lowest BCUT2D eigenvalue weighted by molar-refractivity contribution is -0.119. The maximum absolute atomic E-state index is 12.8. The average Bonchev–Trinajstić information content (AvgIpc) is 2.73. The van der Waals surface area contributed by atoms with Gasteiger partial charge in [0.05, 0.1) is 17.6 Å². The van der Waals surface area contributed by atoms with E-state index in [1.165, 1.54) is 23.5 Å². The zero-order valence-corrected chi connectivity index (χ0v) is 18.3. The number of amides is 1. The van der Waals surface area contributed by atoms with Crippen LogP contribution in [0.25, 0.3) is 0 Å². The summed E-state index contributed by atoms with van der Waals surface area (Å²) in [5.74, 6) is -0.738. The van der Waals surface area contributed by atoms with E-state index >= 15 is 0 Å². The van der Waals surface area contributed by atoms with Crippen LogP contribution in [-0.4, -0.2) is 51.4 Å². The largest absolute Gasteiger partial charge is 0.497 e. The molecule has 0 saturated carbocycles. The van der Waals surface area contributed by atoms with Crippen LogP contribution in [0.15, 0.2) is 47.4 Å². The molecule has 0 fully saturated rings. The number of rotatable bonds is 9. The Kier molecular flexibility index (Phi) is 7.96. The maximum atomic E-state index is 12.8. The van der Waals surface area contributed by atoms with Crippen molar-refractivity contribution in [2.45, 2.75) is 25.7 Å². The molecule has 9 heteroatoms. The minimum atomic E-state index is -3.73. The minimum absolute atomic E-state index is 0.0430. The molecule has 0 bridgehead atoms. The summed E-state index contributed by atoms with van der Waals surface area (Å²) in [6.45, 7) is 5.27. The van der Waals surface area contributed by atoms with E-state index in [0.29, 0.717) is 30.1 Å². The molecule has 0 unspecified atom stereocenters. The van der Waals surface area contributed by atoms with Crippen molar-refractivity contribution < 1.29 is 27.5 Å². The molecule has 1 amide bonds. The van der Waals surface area contributed by atoms with Gasteiger partial charge in [-0.15, -0.1) is 0 Å². The number of benzene rings is 2. The molecule has 0 saturated heterocycles. The van der Waals surface area contributed by atoms with Crippen molar-refractivity contribution in [1.82, 2.24) is 4.31 Å². The number of sulfonamides is 1. The number of aryl methyl sites for hydroxylation is 1. The highest BCUT2D eigenvalue weighted by Gasteiger charge is 2.25. The van der Waals surface area contributed by atoms with Gasteiger partial charge in [0.15, 0.2) is 6.61 Å². The molecule has 0 atom stereocenters. The summed E-state index contributed by atoms with van der Waals surface area (Å²) in [5.41, 5.74) is 1.08. The van der Waals surface area contributed by atoms with Gasteiger partial charge in [0.1, 0.15) is 5.75 Å². The van der Waals surface area contributed by atoms with Crippen molar-refractivity contribution in [3.63, 3.8) is 0 Å². The van der Waals surface area contributed by atoms with Crippen LogP contribution in [0.3, 0.4) is 0 Å². The number of nitrogens with zero attached hydrogens (tertiary/aromatic N) is 1. The van der Waals surface area contributed by atoms with Gasteiger partial charge in [-0.1, -0.05) is 26.0 Å². The van der Waals surface area contributed by atoms with Gasteiger partial charge in [0.25, 0.3) is 5.91 Å². The van der Waals surface area contributed by atoms with E-state index in [9.17, 15) is 18.0 Å². The number of hydrogen-bond donors (Lipinski definition) is 1. The molecule has 0 radical (unpaired) electrons. The normalized spacial score (nSPS) is 11.2. The standard InChI is InChI=1S/C21H26N2O6S/c1-5-23(6-2)30(26,27)19-12-16(11-10-15(19)3)21(25)29-14-20(24)22-17-8-7-9-18(13-17)28-4/h7-13H,5-6,14H2,1-4H3,(H,22,24). The molecule has 30 heavy (non-hydrogen) atoms. The Morgan fingerprint density at radius 1 is 1.07 bits per heavy atom. The Balaban J connectivity index is 2.09. The molecule has 0 aliphatic carbocycles. The Bertz CT molecular complexity index is 1020. The number of hydrogen-bond acceptors (Lipinski definition) is 6. The van der Waals surface area contributed by atoms with Crippen molar-refractivity contribution in [1.29, 1.82) is 0 Å². The van der Waals surface area contributed by atoms with E-state index in [1.54, 1.807) is 51.1 Å². The van der Waals surface area contributed by atoms with Gasteiger partial charge in [0, 0.05) is 24.8 Å². The Labute approximate surface area is 176 Å². The molecule has 0 heterocycles. The fraction of sp³-hybridized carbons (Fsp3) is 0.333. The lowest BCUT2D eigenvalue weighted by Crippen LogP contribution is -2.31. The zero-order valence-electron chi connectivity index (χ0n) is 17.5. The Morgan fingerprint density at radius 2 is 1.77 bits per heavy atom. The Hall–Kier alpha value is -2.91. The molecular formula is C21H26N2O6S. The van der Waals surface area contributed by atoms with Gasteiger partial charge in [-0.05, 0) is 36.8 Å². The third kappa shape index (κ3) is 5.58. The summed E-state index contributed by atoms with van der Waals surface area (Å²) in [7, 11) is -2.22. The average molecular weight is 435 g/mol. The molecule has 0 aliphatic heterocycles. The van der Waals surface area contributed by atoms with E-state index in [-0.39, 0.29) is 10.5 Å². The first-order valence-corrected chi connectivity index (χ1v) is 10.9. The molecule has 2 aromatic carbocycles. The van der Waals surface area contributed by atoms with E-state index in [0.717, 1.165) is 0 Å². The van der Waals surface area contributed by atoms with E-state index in [2.05, 4.69) is 5.32 Å². The van der Waals surface area contributed by atoms with Crippen LogP contribution >= 0.6 is 0 Å². The van der Waals surface area contributed by atoms with Crippen molar-refractivity contribution >= 4 is 27.6 Å². The molecule has 0 aliphatic rings.